The Hall–Kier alpha value is -2.73. The van der Waals surface area contributed by atoms with Crippen LogP contribution in [0.1, 0.15) is 67.2 Å². The SMILES string of the molecule is S=C1NC(c2ccccn2)C(c2ccn(C3CCCCC3)c2)N1Cc1ccccn1. The molecule has 0 radical (unpaired) electrons. The van der Waals surface area contributed by atoms with Crippen molar-refractivity contribution in [3.05, 3.63) is 84.2 Å². The topological polar surface area (TPSA) is 46.0 Å². The summed E-state index contributed by atoms with van der Waals surface area (Å²) < 4.78 is 2.42. The lowest BCUT2D eigenvalue weighted by atomic mass is 9.95. The fraction of sp³-hybridized carbons (Fsp3) is 0.375. The van der Waals surface area contributed by atoms with E-state index in [2.05, 4.69) is 55.3 Å². The van der Waals surface area contributed by atoms with Crippen molar-refractivity contribution in [2.75, 3.05) is 0 Å². The minimum Gasteiger partial charge on any atom is -0.352 e. The van der Waals surface area contributed by atoms with E-state index in [4.69, 9.17) is 12.2 Å². The average molecular weight is 418 g/mol. The first-order chi connectivity index (χ1) is 14.8. The van der Waals surface area contributed by atoms with E-state index in [1.54, 1.807) is 0 Å². The molecule has 1 saturated carbocycles. The molecule has 30 heavy (non-hydrogen) atoms. The lowest BCUT2D eigenvalue weighted by molar-refractivity contribution is 0.306. The van der Waals surface area contributed by atoms with Crippen LogP contribution in [0.2, 0.25) is 0 Å². The molecular weight excluding hydrogens is 390 g/mol. The molecule has 3 aromatic heterocycles. The maximum atomic E-state index is 5.78. The van der Waals surface area contributed by atoms with E-state index < -0.39 is 0 Å². The molecule has 1 aliphatic carbocycles. The van der Waals surface area contributed by atoms with Gasteiger partial charge < -0.3 is 14.8 Å². The highest BCUT2D eigenvalue weighted by Crippen LogP contribution is 2.40. The summed E-state index contributed by atoms with van der Waals surface area (Å²) in [5.74, 6) is 0. The summed E-state index contributed by atoms with van der Waals surface area (Å²) in [4.78, 5) is 11.4. The van der Waals surface area contributed by atoms with Gasteiger partial charge >= 0.3 is 0 Å². The molecule has 1 aliphatic heterocycles. The first kappa shape index (κ1) is 19.2. The third-order valence-electron chi connectivity index (χ3n) is 6.33. The van der Waals surface area contributed by atoms with Gasteiger partial charge in [-0.15, -0.1) is 0 Å². The summed E-state index contributed by atoms with van der Waals surface area (Å²) in [5.41, 5.74) is 3.30. The van der Waals surface area contributed by atoms with Gasteiger partial charge in [0.1, 0.15) is 0 Å². The highest BCUT2D eigenvalue weighted by atomic mass is 32.1. The van der Waals surface area contributed by atoms with E-state index in [-0.39, 0.29) is 12.1 Å². The van der Waals surface area contributed by atoms with Gasteiger partial charge in [-0.25, -0.2) is 0 Å². The molecule has 1 saturated heterocycles. The quantitative estimate of drug-likeness (QED) is 0.595. The largest absolute Gasteiger partial charge is 0.352 e. The van der Waals surface area contributed by atoms with Gasteiger partial charge in [-0.1, -0.05) is 31.4 Å². The zero-order valence-corrected chi connectivity index (χ0v) is 17.8. The van der Waals surface area contributed by atoms with Crippen molar-refractivity contribution in [2.24, 2.45) is 0 Å². The normalized spacial score (nSPS) is 22.3. The van der Waals surface area contributed by atoms with Crippen molar-refractivity contribution < 1.29 is 0 Å². The van der Waals surface area contributed by atoms with Crippen molar-refractivity contribution in [3.8, 4) is 0 Å². The van der Waals surface area contributed by atoms with E-state index in [9.17, 15) is 0 Å². The van der Waals surface area contributed by atoms with Crippen LogP contribution >= 0.6 is 12.2 Å². The van der Waals surface area contributed by atoms with Gasteiger partial charge in [0, 0.05) is 30.8 Å². The first-order valence-corrected chi connectivity index (χ1v) is 11.3. The standard InChI is InChI=1S/C24H27N5S/c30-24-27-22(21-11-5-7-14-26-21)23(29(24)17-19-8-4-6-13-25-19)18-12-15-28(16-18)20-9-2-1-3-10-20/h4-8,11-16,20,22-23H,1-3,9-10,17H2,(H,27,30). The van der Waals surface area contributed by atoms with E-state index in [1.807, 2.05) is 36.7 Å². The van der Waals surface area contributed by atoms with Crippen LogP contribution in [-0.2, 0) is 6.54 Å². The molecule has 0 spiro atoms. The minimum atomic E-state index is 0.0182. The van der Waals surface area contributed by atoms with Gasteiger partial charge in [0.2, 0.25) is 0 Å². The maximum Gasteiger partial charge on any atom is 0.170 e. The van der Waals surface area contributed by atoms with Gasteiger partial charge in [0.25, 0.3) is 0 Å². The number of thiocarbonyl (C=S) groups is 1. The molecule has 2 unspecified atom stereocenters. The van der Waals surface area contributed by atoms with E-state index in [1.165, 1.54) is 37.7 Å². The van der Waals surface area contributed by atoms with Crippen molar-refractivity contribution in [1.82, 2.24) is 24.8 Å². The zero-order chi connectivity index (χ0) is 20.3. The predicted molar refractivity (Wildman–Crippen MR) is 122 cm³/mol. The second kappa shape index (κ2) is 8.56. The Labute approximate surface area is 183 Å². The van der Waals surface area contributed by atoms with Crippen molar-refractivity contribution in [2.45, 2.75) is 56.8 Å². The lowest BCUT2D eigenvalue weighted by Crippen LogP contribution is -2.29. The Morgan fingerprint density at radius 3 is 2.50 bits per heavy atom. The molecule has 4 heterocycles. The highest BCUT2D eigenvalue weighted by Gasteiger charge is 2.40. The van der Waals surface area contributed by atoms with Gasteiger partial charge in [0.15, 0.2) is 5.11 Å². The smallest absolute Gasteiger partial charge is 0.170 e. The Morgan fingerprint density at radius 2 is 1.77 bits per heavy atom. The lowest BCUT2D eigenvalue weighted by Gasteiger charge is -2.27. The van der Waals surface area contributed by atoms with Crippen LogP contribution in [0.15, 0.2) is 67.3 Å². The number of rotatable bonds is 5. The number of aromatic nitrogens is 3. The van der Waals surface area contributed by atoms with Gasteiger partial charge in [-0.05, 0) is 61.0 Å². The van der Waals surface area contributed by atoms with Crippen molar-refractivity contribution in [3.63, 3.8) is 0 Å². The van der Waals surface area contributed by atoms with Crippen LogP contribution in [0.3, 0.4) is 0 Å². The maximum absolute atomic E-state index is 5.78. The molecule has 154 valence electrons. The molecule has 2 aliphatic rings. The second-order valence-electron chi connectivity index (χ2n) is 8.26. The van der Waals surface area contributed by atoms with Crippen LogP contribution in [0, 0.1) is 0 Å². The molecule has 2 atom stereocenters. The summed E-state index contributed by atoms with van der Waals surface area (Å²) in [6.07, 6.45) is 14.8. The molecule has 2 fully saturated rings. The van der Waals surface area contributed by atoms with Crippen LogP contribution in [-0.4, -0.2) is 24.5 Å². The van der Waals surface area contributed by atoms with Crippen LogP contribution < -0.4 is 5.32 Å². The number of nitrogens with one attached hydrogen (secondary N) is 1. The summed E-state index contributed by atoms with van der Waals surface area (Å²) >= 11 is 5.78. The number of nitrogens with zero attached hydrogens (tertiary/aromatic N) is 4. The van der Waals surface area contributed by atoms with Crippen LogP contribution in [0.5, 0.6) is 0 Å². The number of hydrogen-bond donors (Lipinski definition) is 1. The molecule has 0 bridgehead atoms. The van der Waals surface area contributed by atoms with E-state index in [0.29, 0.717) is 12.6 Å². The fourth-order valence-corrected chi connectivity index (χ4v) is 5.12. The number of hydrogen-bond acceptors (Lipinski definition) is 3. The molecule has 5 nitrogen and oxygen atoms in total. The van der Waals surface area contributed by atoms with E-state index in [0.717, 1.165) is 16.5 Å². The van der Waals surface area contributed by atoms with Crippen LogP contribution in [0.4, 0.5) is 0 Å². The third-order valence-corrected chi connectivity index (χ3v) is 6.68. The van der Waals surface area contributed by atoms with E-state index >= 15 is 0 Å². The Bertz CT molecular complexity index is 981. The Kier molecular flexibility index (Phi) is 5.49. The van der Waals surface area contributed by atoms with Crippen molar-refractivity contribution in [1.29, 1.82) is 0 Å². The third kappa shape index (κ3) is 3.84. The zero-order valence-electron chi connectivity index (χ0n) is 17.0. The first-order valence-electron chi connectivity index (χ1n) is 10.8. The van der Waals surface area contributed by atoms with Crippen LogP contribution in [0.25, 0.3) is 0 Å². The highest BCUT2D eigenvalue weighted by molar-refractivity contribution is 7.80. The monoisotopic (exact) mass is 417 g/mol. The summed E-state index contributed by atoms with van der Waals surface area (Å²) in [7, 11) is 0. The second-order valence-corrected chi connectivity index (χ2v) is 8.65. The fourth-order valence-electron chi connectivity index (χ4n) is 4.82. The molecule has 0 amide bonds. The Morgan fingerprint density at radius 1 is 0.967 bits per heavy atom. The van der Waals surface area contributed by atoms with Crippen molar-refractivity contribution >= 4 is 17.3 Å². The molecule has 0 aromatic carbocycles. The summed E-state index contributed by atoms with van der Waals surface area (Å²) in [5, 5.41) is 4.29. The minimum absolute atomic E-state index is 0.0182. The predicted octanol–water partition coefficient (Wildman–Crippen LogP) is 4.96. The molecule has 5 rings (SSSR count). The molecular formula is C24H27N5S. The summed E-state index contributed by atoms with van der Waals surface area (Å²) in [6.45, 7) is 0.676. The van der Waals surface area contributed by atoms with Gasteiger partial charge in [0.05, 0.1) is 30.0 Å². The number of pyridine rings is 2. The molecule has 1 N–H and O–H groups in total. The summed E-state index contributed by atoms with van der Waals surface area (Å²) in [6, 6.07) is 15.1. The van der Waals surface area contributed by atoms with Gasteiger partial charge in [-0.3, -0.25) is 9.97 Å². The average Bonchev–Trinajstić information content (AvgIpc) is 3.41. The molecule has 3 aromatic rings. The molecule has 6 heteroatoms. The Balaban J connectivity index is 1.49. The van der Waals surface area contributed by atoms with Gasteiger partial charge in [-0.2, -0.15) is 0 Å².